The highest BCUT2D eigenvalue weighted by Crippen LogP contribution is 2.25. The molecule has 4 nitrogen and oxygen atoms in total. The van der Waals surface area contributed by atoms with Crippen molar-refractivity contribution in [3.63, 3.8) is 0 Å². The van der Waals surface area contributed by atoms with E-state index in [2.05, 4.69) is 41.8 Å². The molecule has 0 aliphatic heterocycles. The molecule has 3 aromatic rings. The number of rotatable bonds is 9. The highest BCUT2D eigenvalue weighted by atomic mass is 16.5. The molecular formula is C25H29N2O2+. The monoisotopic (exact) mass is 389 g/mol. The smallest absolute Gasteiger partial charge is 0.287 e. The lowest BCUT2D eigenvalue weighted by molar-refractivity contribution is -0.684. The Morgan fingerprint density at radius 1 is 0.897 bits per heavy atom. The molecule has 3 N–H and O–H groups in total. The number of para-hydroxylation sites is 2. The minimum Gasteiger partial charge on any atom is -0.492 e. The van der Waals surface area contributed by atoms with Gasteiger partial charge < -0.3 is 15.4 Å². The van der Waals surface area contributed by atoms with E-state index in [0.717, 1.165) is 12.1 Å². The first-order chi connectivity index (χ1) is 14.2. The van der Waals surface area contributed by atoms with Crippen LogP contribution >= 0.6 is 0 Å². The molecule has 3 aromatic carbocycles. The summed E-state index contributed by atoms with van der Waals surface area (Å²) >= 11 is 0. The van der Waals surface area contributed by atoms with Gasteiger partial charge in [0.15, 0.2) is 6.04 Å². The highest BCUT2D eigenvalue weighted by molar-refractivity contribution is 5.95. The van der Waals surface area contributed by atoms with Crippen LogP contribution < -0.4 is 15.4 Å². The number of quaternary nitrogens is 1. The fraction of sp³-hybridized carbons (Fsp3) is 0.240. The van der Waals surface area contributed by atoms with Gasteiger partial charge in [-0.25, -0.2) is 0 Å². The Labute approximate surface area is 172 Å². The molecule has 0 heterocycles. The summed E-state index contributed by atoms with van der Waals surface area (Å²) in [5, 5.41) is 5.18. The lowest BCUT2D eigenvalue weighted by atomic mass is 9.99. The van der Waals surface area contributed by atoms with E-state index in [0.29, 0.717) is 24.0 Å². The summed E-state index contributed by atoms with van der Waals surface area (Å²) in [7, 11) is 0. The molecule has 0 spiro atoms. The largest absolute Gasteiger partial charge is 0.492 e. The molecule has 0 aliphatic carbocycles. The van der Waals surface area contributed by atoms with Gasteiger partial charge in [-0.1, -0.05) is 79.7 Å². The molecule has 0 aromatic heterocycles. The molecule has 0 saturated heterocycles. The van der Waals surface area contributed by atoms with E-state index in [1.54, 1.807) is 0 Å². The van der Waals surface area contributed by atoms with Gasteiger partial charge in [0.05, 0.1) is 18.8 Å². The predicted octanol–water partition coefficient (Wildman–Crippen LogP) is 4.13. The number of nitrogens with one attached hydrogen (secondary N) is 1. The molecule has 1 amide bonds. The molecule has 0 saturated carbocycles. The molecule has 4 heteroatoms. The lowest BCUT2D eigenvalue weighted by Crippen LogP contribution is -2.88. The second-order valence-corrected chi connectivity index (χ2v) is 7.09. The van der Waals surface area contributed by atoms with Crippen LogP contribution in [0.15, 0.2) is 84.9 Å². The lowest BCUT2D eigenvalue weighted by Gasteiger charge is -2.19. The van der Waals surface area contributed by atoms with Crippen molar-refractivity contribution in [1.29, 1.82) is 0 Å². The number of hydrogen-bond donors (Lipinski definition) is 2. The van der Waals surface area contributed by atoms with Crippen LogP contribution in [0.1, 0.15) is 36.9 Å². The van der Waals surface area contributed by atoms with Gasteiger partial charge in [0.25, 0.3) is 5.91 Å². The molecule has 0 bridgehead atoms. The fourth-order valence-electron chi connectivity index (χ4n) is 3.37. The van der Waals surface area contributed by atoms with Crippen molar-refractivity contribution in [2.24, 2.45) is 0 Å². The quantitative estimate of drug-likeness (QED) is 0.578. The maximum atomic E-state index is 13.2. The van der Waals surface area contributed by atoms with Crippen LogP contribution in [0.5, 0.6) is 5.75 Å². The number of benzene rings is 3. The van der Waals surface area contributed by atoms with Gasteiger partial charge in [-0.05, 0) is 24.6 Å². The van der Waals surface area contributed by atoms with E-state index in [1.165, 1.54) is 5.56 Å². The Balaban J connectivity index is 1.76. The average Bonchev–Trinajstić information content (AvgIpc) is 2.76. The summed E-state index contributed by atoms with van der Waals surface area (Å²) in [5.41, 5.74) is 2.96. The number of hydrogen-bond acceptors (Lipinski definition) is 2. The average molecular weight is 390 g/mol. The number of carbonyl (C=O) groups is 1. The number of anilines is 1. The van der Waals surface area contributed by atoms with Crippen molar-refractivity contribution in [2.45, 2.75) is 25.8 Å². The van der Waals surface area contributed by atoms with Crippen LogP contribution in [0.2, 0.25) is 0 Å². The Morgan fingerprint density at radius 3 is 2.14 bits per heavy atom. The summed E-state index contributed by atoms with van der Waals surface area (Å²) in [6.45, 7) is 5.49. The van der Waals surface area contributed by atoms with Gasteiger partial charge in [-0.15, -0.1) is 0 Å². The third-order valence-corrected chi connectivity index (χ3v) is 4.98. The standard InChI is InChI=1S/C25H28N2O2/c1-3-29-23-17-11-10-16-22(23)27-25(28)24(21-14-8-5-9-15-21)26-18-19(2)20-12-6-4-7-13-20/h4-17,19,24,26H,3,18H2,1-2H3,(H,27,28)/p+1/t19-,24+/m0/s1. The van der Waals surface area contributed by atoms with Crippen molar-refractivity contribution in [3.8, 4) is 5.75 Å². The molecule has 2 atom stereocenters. The van der Waals surface area contributed by atoms with Gasteiger partial charge in [-0.2, -0.15) is 0 Å². The summed E-state index contributed by atoms with van der Waals surface area (Å²) in [5.74, 6) is 0.974. The summed E-state index contributed by atoms with van der Waals surface area (Å²) in [6.07, 6.45) is 0. The molecule has 0 radical (unpaired) electrons. The van der Waals surface area contributed by atoms with Crippen molar-refractivity contribution in [1.82, 2.24) is 0 Å². The molecular weight excluding hydrogens is 360 g/mol. The van der Waals surface area contributed by atoms with Gasteiger partial charge >= 0.3 is 0 Å². The topological polar surface area (TPSA) is 54.9 Å². The first-order valence-corrected chi connectivity index (χ1v) is 10.1. The van der Waals surface area contributed by atoms with E-state index < -0.39 is 0 Å². The van der Waals surface area contributed by atoms with Gasteiger partial charge in [-0.3, -0.25) is 4.79 Å². The van der Waals surface area contributed by atoms with Crippen LogP contribution in [0.4, 0.5) is 5.69 Å². The van der Waals surface area contributed by atoms with E-state index in [4.69, 9.17) is 4.74 Å². The molecule has 0 unspecified atom stereocenters. The zero-order valence-corrected chi connectivity index (χ0v) is 17.0. The number of carbonyl (C=O) groups excluding carboxylic acids is 1. The summed E-state index contributed by atoms with van der Waals surface area (Å²) in [6, 6.07) is 27.5. The molecule has 0 fully saturated rings. The summed E-state index contributed by atoms with van der Waals surface area (Å²) in [4.78, 5) is 13.2. The molecule has 29 heavy (non-hydrogen) atoms. The number of amides is 1. The Bertz CT molecular complexity index is 897. The van der Waals surface area contributed by atoms with Gasteiger partial charge in [0.1, 0.15) is 5.75 Å². The van der Waals surface area contributed by atoms with E-state index in [-0.39, 0.29) is 11.9 Å². The summed E-state index contributed by atoms with van der Waals surface area (Å²) < 4.78 is 5.65. The van der Waals surface area contributed by atoms with Crippen molar-refractivity contribution >= 4 is 11.6 Å². The second-order valence-electron chi connectivity index (χ2n) is 7.09. The predicted molar refractivity (Wildman–Crippen MR) is 117 cm³/mol. The van der Waals surface area contributed by atoms with Crippen molar-refractivity contribution in [3.05, 3.63) is 96.1 Å². The molecule has 150 valence electrons. The van der Waals surface area contributed by atoms with Crippen LogP contribution in [-0.2, 0) is 4.79 Å². The van der Waals surface area contributed by atoms with Crippen molar-refractivity contribution < 1.29 is 14.8 Å². The number of nitrogens with two attached hydrogens (primary N) is 1. The minimum atomic E-state index is -0.336. The van der Waals surface area contributed by atoms with Crippen LogP contribution in [0.3, 0.4) is 0 Å². The maximum Gasteiger partial charge on any atom is 0.287 e. The third kappa shape index (κ3) is 5.69. The van der Waals surface area contributed by atoms with Crippen molar-refractivity contribution in [2.75, 3.05) is 18.5 Å². The van der Waals surface area contributed by atoms with Crippen LogP contribution in [-0.4, -0.2) is 19.1 Å². The second kappa shape index (κ2) is 10.4. The first-order valence-electron chi connectivity index (χ1n) is 10.1. The molecule has 0 aliphatic rings. The molecule has 3 rings (SSSR count). The maximum absolute atomic E-state index is 13.2. The normalized spacial score (nSPS) is 12.8. The van der Waals surface area contributed by atoms with E-state index >= 15 is 0 Å². The Kier molecular flexibility index (Phi) is 7.42. The van der Waals surface area contributed by atoms with E-state index in [9.17, 15) is 4.79 Å². The Morgan fingerprint density at radius 2 is 1.48 bits per heavy atom. The first kappa shape index (κ1) is 20.6. The van der Waals surface area contributed by atoms with E-state index in [1.807, 2.05) is 67.6 Å². The Hall–Kier alpha value is -3.11. The highest BCUT2D eigenvalue weighted by Gasteiger charge is 2.25. The van der Waals surface area contributed by atoms with Crippen LogP contribution in [0, 0.1) is 0 Å². The van der Waals surface area contributed by atoms with Gasteiger partial charge in [0.2, 0.25) is 0 Å². The van der Waals surface area contributed by atoms with Crippen LogP contribution in [0.25, 0.3) is 0 Å². The SMILES string of the molecule is CCOc1ccccc1NC(=O)[C@H]([NH2+]C[C@H](C)c1ccccc1)c1ccccc1. The zero-order valence-electron chi connectivity index (χ0n) is 17.0. The number of ether oxygens (including phenoxy) is 1. The fourth-order valence-corrected chi connectivity index (χ4v) is 3.37. The third-order valence-electron chi connectivity index (χ3n) is 4.98. The minimum absolute atomic E-state index is 0.0522. The van der Waals surface area contributed by atoms with Gasteiger partial charge in [0, 0.05) is 11.5 Å². The zero-order chi connectivity index (χ0) is 20.5.